The molecule has 3 N–H and O–H groups in total. The van der Waals surface area contributed by atoms with Crippen LogP contribution in [-0.4, -0.2) is 77.2 Å². The lowest BCUT2D eigenvalue weighted by atomic mass is 10.0. The lowest BCUT2D eigenvalue weighted by Crippen LogP contribution is -2.54. The number of piperidine rings is 1. The van der Waals surface area contributed by atoms with E-state index in [2.05, 4.69) is 21.2 Å². The van der Waals surface area contributed by atoms with Gasteiger partial charge in [0.2, 0.25) is 11.8 Å². The molecule has 1 saturated carbocycles. The molecule has 31 heavy (non-hydrogen) atoms. The Morgan fingerprint density at radius 1 is 1.10 bits per heavy atom. The highest BCUT2D eigenvalue weighted by Crippen LogP contribution is 2.37. The third-order valence-electron chi connectivity index (χ3n) is 7.27. The van der Waals surface area contributed by atoms with Gasteiger partial charge in [-0.1, -0.05) is 12.1 Å². The van der Waals surface area contributed by atoms with Gasteiger partial charge < -0.3 is 10.6 Å². The number of piperazine rings is 1. The molecule has 0 radical (unpaired) electrons. The number of nitrogens with zero attached hydrogens (tertiary/aromatic N) is 3. The molecule has 8 heteroatoms. The Balaban J connectivity index is 1.31. The minimum Gasteiger partial charge on any atom is -0.329 e. The molecular weight excluding hydrogens is 394 g/mol. The quantitative estimate of drug-likeness (QED) is 0.636. The van der Waals surface area contributed by atoms with E-state index in [0.717, 1.165) is 44.2 Å². The normalized spacial score (nSPS) is 27.5. The van der Waals surface area contributed by atoms with Crippen LogP contribution < -0.4 is 11.1 Å². The maximum absolute atomic E-state index is 13.1. The van der Waals surface area contributed by atoms with Crippen molar-refractivity contribution in [1.82, 2.24) is 20.0 Å². The second kappa shape index (κ2) is 8.33. The fraction of sp³-hybridized carbons (Fsp3) is 0.609. The van der Waals surface area contributed by atoms with Crippen LogP contribution in [0.2, 0.25) is 0 Å². The zero-order valence-electron chi connectivity index (χ0n) is 17.9. The van der Waals surface area contributed by atoms with E-state index in [1.54, 1.807) is 4.90 Å². The summed E-state index contributed by atoms with van der Waals surface area (Å²) in [5.41, 5.74) is 8.73. The standard InChI is InChI=1S/C23H31N5O3/c24-8-9-27-11-10-26(14-20(27)15-4-5-15)12-16-2-1-3-17-18(16)13-28(23(17)31)19-6-7-21(29)25-22(19)30/h1-3,15,19-20H,4-14,24H2,(H,25,29,30). The van der Waals surface area contributed by atoms with Crippen molar-refractivity contribution in [2.75, 3.05) is 32.7 Å². The van der Waals surface area contributed by atoms with Crippen LogP contribution in [0.1, 0.15) is 47.2 Å². The summed E-state index contributed by atoms with van der Waals surface area (Å²) in [7, 11) is 0. The fourth-order valence-corrected chi connectivity index (χ4v) is 5.46. The molecule has 2 unspecified atom stereocenters. The summed E-state index contributed by atoms with van der Waals surface area (Å²) >= 11 is 0. The van der Waals surface area contributed by atoms with Crippen molar-refractivity contribution in [1.29, 1.82) is 0 Å². The summed E-state index contributed by atoms with van der Waals surface area (Å²) < 4.78 is 0. The molecule has 2 atom stereocenters. The van der Waals surface area contributed by atoms with Gasteiger partial charge in [0.15, 0.2) is 0 Å². The zero-order chi connectivity index (χ0) is 21.5. The van der Waals surface area contributed by atoms with Crippen LogP contribution in [0.3, 0.4) is 0 Å². The van der Waals surface area contributed by atoms with Crippen LogP contribution in [-0.2, 0) is 22.7 Å². The van der Waals surface area contributed by atoms with Crippen molar-refractivity contribution < 1.29 is 14.4 Å². The summed E-state index contributed by atoms with van der Waals surface area (Å²) in [6, 6.07) is 5.93. The van der Waals surface area contributed by atoms with Gasteiger partial charge in [-0.3, -0.25) is 29.5 Å². The van der Waals surface area contributed by atoms with E-state index < -0.39 is 6.04 Å². The Morgan fingerprint density at radius 3 is 2.68 bits per heavy atom. The third-order valence-corrected chi connectivity index (χ3v) is 7.27. The molecule has 8 nitrogen and oxygen atoms in total. The first-order valence-electron chi connectivity index (χ1n) is 11.5. The first-order valence-corrected chi connectivity index (χ1v) is 11.5. The molecule has 0 spiro atoms. The predicted molar refractivity (Wildman–Crippen MR) is 115 cm³/mol. The number of nitrogens with two attached hydrogens (primary N) is 1. The van der Waals surface area contributed by atoms with Gasteiger partial charge in [0.1, 0.15) is 6.04 Å². The van der Waals surface area contributed by atoms with Crippen LogP contribution in [0.25, 0.3) is 0 Å². The molecule has 1 aromatic carbocycles. The smallest absolute Gasteiger partial charge is 0.255 e. The van der Waals surface area contributed by atoms with Gasteiger partial charge >= 0.3 is 0 Å². The maximum Gasteiger partial charge on any atom is 0.255 e. The Bertz CT molecular complexity index is 899. The lowest BCUT2D eigenvalue weighted by molar-refractivity contribution is -0.136. The predicted octanol–water partition coefficient (Wildman–Crippen LogP) is 0.303. The van der Waals surface area contributed by atoms with E-state index in [9.17, 15) is 14.4 Å². The van der Waals surface area contributed by atoms with Crippen LogP contribution >= 0.6 is 0 Å². The summed E-state index contributed by atoms with van der Waals surface area (Å²) in [5, 5.41) is 2.38. The van der Waals surface area contributed by atoms with E-state index in [1.165, 1.54) is 18.4 Å². The molecule has 3 heterocycles. The molecular formula is C23H31N5O3. The van der Waals surface area contributed by atoms with Gasteiger partial charge in [-0.25, -0.2) is 0 Å². The summed E-state index contributed by atoms with van der Waals surface area (Å²) in [6.07, 6.45) is 3.30. The molecule has 4 aliphatic rings. The molecule has 0 aromatic heterocycles. The molecule has 3 fully saturated rings. The first kappa shape index (κ1) is 20.6. The minimum atomic E-state index is -0.565. The second-order valence-electron chi connectivity index (χ2n) is 9.31. The third kappa shape index (κ3) is 4.00. The van der Waals surface area contributed by atoms with E-state index in [0.29, 0.717) is 31.1 Å². The number of amides is 3. The Labute approximate surface area is 182 Å². The summed E-state index contributed by atoms with van der Waals surface area (Å²) in [6.45, 7) is 6.00. The molecule has 166 valence electrons. The van der Waals surface area contributed by atoms with Gasteiger partial charge in [0, 0.05) is 63.8 Å². The Hall–Kier alpha value is -2.29. The average Bonchev–Trinajstić information content (AvgIpc) is 3.54. The highest BCUT2D eigenvalue weighted by atomic mass is 16.2. The zero-order valence-corrected chi connectivity index (χ0v) is 17.9. The van der Waals surface area contributed by atoms with Crippen molar-refractivity contribution in [2.24, 2.45) is 11.7 Å². The van der Waals surface area contributed by atoms with Crippen molar-refractivity contribution in [3.8, 4) is 0 Å². The number of hydrogen-bond donors (Lipinski definition) is 2. The summed E-state index contributed by atoms with van der Waals surface area (Å²) in [4.78, 5) is 43.6. The van der Waals surface area contributed by atoms with Gasteiger partial charge in [0.25, 0.3) is 5.91 Å². The van der Waals surface area contributed by atoms with E-state index in [4.69, 9.17) is 5.73 Å². The lowest BCUT2D eigenvalue weighted by Gasteiger charge is -2.42. The van der Waals surface area contributed by atoms with E-state index >= 15 is 0 Å². The number of carbonyl (C=O) groups excluding carboxylic acids is 3. The first-order chi connectivity index (χ1) is 15.0. The maximum atomic E-state index is 13.1. The van der Waals surface area contributed by atoms with Crippen LogP contribution in [0.4, 0.5) is 0 Å². The van der Waals surface area contributed by atoms with E-state index in [-0.39, 0.29) is 24.1 Å². The van der Waals surface area contributed by atoms with Crippen molar-refractivity contribution in [3.05, 3.63) is 34.9 Å². The molecule has 1 aliphatic carbocycles. The van der Waals surface area contributed by atoms with Crippen LogP contribution in [0.15, 0.2) is 18.2 Å². The minimum absolute atomic E-state index is 0.102. The average molecular weight is 426 g/mol. The fourth-order valence-electron chi connectivity index (χ4n) is 5.46. The summed E-state index contributed by atoms with van der Waals surface area (Å²) in [5.74, 6) is 0.0720. The molecule has 3 aliphatic heterocycles. The molecule has 1 aromatic rings. The Kier molecular flexibility index (Phi) is 5.54. The van der Waals surface area contributed by atoms with Crippen LogP contribution in [0.5, 0.6) is 0 Å². The number of hydrogen-bond acceptors (Lipinski definition) is 6. The topological polar surface area (TPSA) is 99.0 Å². The second-order valence-corrected chi connectivity index (χ2v) is 9.31. The molecule has 2 saturated heterocycles. The molecule has 0 bridgehead atoms. The number of benzene rings is 1. The van der Waals surface area contributed by atoms with Gasteiger partial charge in [-0.2, -0.15) is 0 Å². The van der Waals surface area contributed by atoms with E-state index in [1.807, 2.05) is 12.1 Å². The highest BCUT2D eigenvalue weighted by Gasteiger charge is 2.41. The SMILES string of the molecule is NCCN1CCN(Cc2cccc3c2CN(C2CCC(=O)NC2=O)C3=O)CC1C1CC1. The largest absolute Gasteiger partial charge is 0.329 e. The number of fused-ring (bicyclic) bond motifs is 1. The van der Waals surface area contributed by atoms with Gasteiger partial charge in [0.05, 0.1) is 0 Å². The monoisotopic (exact) mass is 425 g/mol. The Morgan fingerprint density at radius 2 is 1.94 bits per heavy atom. The number of nitrogens with one attached hydrogen (secondary N) is 1. The highest BCUT2D eigenvalue weighted by molar-refractivity contribution is 6.05. The van der Waals surface area contributed by atoms with Gasteiger partial charge in [-0.15, -0.1) is 0 Å². The molecule has 5 rings (SSSR count). The van der Waals surface area contributed by atoms with Crippen LogP contribution in [0, 0.1) is 5.92 Å². The number of imide groups is 1. The molecule has 3 amide bonds. The van der Waals surface area contributed by atoms with Crippen molar-refractivity contribution >= 4 is 17.7 Å². The number of carbonyl (C=O) groups is 3. The van der Waals surface area contributed by atoms with Gasteiger partial charge in [-0.05, 0) is 42.4 Å². The van der Waals surface area contributed by atoms with Crippen molar-refractivity contribution in [2.45, 2.75) is 50.9 Å². The van der Waals surface area contributed by atoms with Crippen molar-refractivity contribution in [3.63, 3.8) is 0 Å². The number of rotatable bonds is 6.